The van der Waals surface area contributed by atoms with Crippen molar-refractivity contribution in [3.05, 3.63) is 48.6 Å². The second-order valence-corrected chi connectivity index (χ2v) is 22.0. The van der Waals surface area contributed by atoms with Crippen molar-refractivity contribution < 1.29 is 32.9 Å². The maximum absolute atomic E-state index is 12.9. The topological polar surface area (TPSA) is 108 Å². The van der Waals surface area contributed by atoms with Gasteiger partial charge in [-0.1, -0.05) is 242 Å². The van der Waals surface area contributed by atoms with E-state index >= 15 is 0 Å². The van der Waals surface area contributed by atoms with Gasteiger partial charge in [0.25, 0.3) is 7.82 Å². The molecule has 0 fully saturated rings. The number of amides is 1. The Morgan fingerprint density at radius 1 is 0.522 bits per heavy atom. The van der Waals surface area contributed by atoms with Crippen LogP contribution in [0.15, 0.2) is 48.6 Å². The van der Waals surface area contributed by atoms with Crippen molar-refractivity contribution in [2.75, 3.05) is 40.9 Å². The number of phosphoric acid groups is 1. The zero-order valence-electron chi connectivity index (χ0n) is 44.9. The van der Waals surface area contributed by atoms with Crippen LogP contribution in [0, 0.1) is 0 Å². The van der Waals surface area contributed by atoms with Crippen LogP contribution in [0.1, 0.15) is 264 Å². The number of carbonyl (C=O) groups is 1. The lowest BCUT2D eigenvalue weighted by molar-refractivity contribution is -0.870. The molecule has 0 saturated heterocycles. The molecule has 0 aromatic carbocycles. The standard InChI is InChI=1S/C58H111N2O6P/c1-6-8-10-12-14-16-18-20-22-23-24-25-26-27-28-29-30-31-32-33-34-35-36-37-38-40-42-44-46-48-50-52-58(62)59-56(55-66-67(63,64)65-54-53-60(3,4)5)57(61)51-49-47-45-43-41-39-21-19-17-15-13-11-9-7-2/h24-25,27-28,41,43,49,51,56-57,61H,6-23,26,29-40,42,44-48,50,52-55H2,1-5H3,(H-,59,62,63,64)/b25-24-,28-27-,43-41+,51-49+. The molecule has 2 N–H and O–H groups in total. The van der Waals surface area contributed by atoms with Crippen LogP contribution in [0.4, 0.5) is 0 Å². The molecule has 3 atom stereocenters. The third-order valence-corrected chi connectivity index (χ3v) is 13.7. The van der Waals surface area contributed by atoms with Gasteiger partial charge >= 0.3 is 0 Å². The van der Waals surface area contributed by atoms with Crippen LogP contribution in [0.2, 0.25) is 0 Å². The molecule has 0 saturated carbocycles. The fraction of sp³-hybridized carbons (Fsp3) is 0.845. The van der Waals surface area contributed by atoms with E-state index in [1.165, 1.54) is 199 Å². The number of nitrogens with zero attached hydrogens (tertiary/aromatic N) is 1. The first kappa shape index (κ1) is 65.5. The predicted molar refractivity (Wildman–Crippen MR) is 288 cm³/mol. The monoisotopic (exact) mass is 963 g/mol. The quantitative estimate of drug-likeness (QED) is 0.0272. The van der Waals surface area contributed by atoms with E-state index in [0.717, 1.165) is 44.9 Å². The minimum atomic E-state index is -4.60. The summed E-state index contributed by atoms with van der Waals surface area (Å²) in [5, 5.41) is 13.8. The van der Waals surface area contributed by atoms with E-state index in [-0.39, 0.29) is 12.5 Å². The first-order chi connectivity index (χ1) is 32.5. The summed E-state index contributed by atoms with van der Waals surface area (Å²) in [6.07, 6.45) is 64.8. The number of hydrogen-bond donors (Lipinski definition) is 2. The summed E-state index contributed by atoms with van der Waals surface area (Å²) in [7, 11) is 1.25. The molecular formula is C58H111N2O6P. The predicted octanol–water partition coefficient (Wildman–Crippen LogP) is 16.5. The van der Waals surface area contributed by atoms with Crippen molar-refractivity contribution >= 4 is 13.7 Å². The number of unbranched alkanes of at least 4 members (excludes halogenated alkanes) is 33. The van der Waals surface area contributed by atoms with Crippen molar-refractivity contribution in [3.8, 4) is 0 Å². The maximum Gasteiger partial charge on any atom is 0.268 e. The van der Waals surface area contributed by atoms with Gasteiger partial charge in [-0.25, -0.2) is 0 Å². The highest BCUT2D eigenvalue weighted by molar-refractivity contribution is 7.45. The van der Waals surface area contributed by atoms with E-state index in [2.05, 4.69) is 55.6 Å². The highest BCUT2D eigenvalue weighted by atomic mass is 31.2. The number of phosphoric ester groups is 1. The van der Waals surface area contributed by atoms with E-state index < -0.39 is 26.6 Å². The van der Waals surface area contributed by atoms with Gasteiger partial charge in [-0.2, -0.15) is 0 Å². The SMILES string of the molecule is CCCCCCCCCC/C=C/CC/C=C/C(O)C(COP(=O)([O-])OCC[N+](C)(C)C)NC(=O)CCCCCCCCCCCCCCCCC/C=C\C/C=C\CCCCCCCCCCC. The summed E-state index contributed by atoms with van der Waals surface area (Å²) in [6.45, 7) is 4.63. The molecule has 9 heteroatoms. The van der Waals surface area contributed by atoms with Crippen molar-refractivity contribution in [1.29, 1.82) is 0 Å². The van der Waals surface area contributed by atoms with Gasteiger partial charge in [-0.15, -0.1) is 0 Å². The molecule has 1 amide bonds. The zero-order valence-corrected chi connectivity index (χ0v) is 45.7. The highest BCUT2D eigenvalue weighted by Gasteiger charge is 2.23. The van der Waals surface area contributed by atoms with Crippen molar-refractivity contribution in [2.24, 2.45) is 0 Å². The lowest BCUT2D eigenvalue weighted by atomic mass is 10.0. The molecule has 0 rings (SSSR count). The number of aliphatic hydroxyl groups excluding tert-OH is 1. The van der Waals surface area contributed by atoms with Gasteiger partial charge in [0.2, 0.25) is 5.91 Å². The molecule has 0 aliphatic carbocycles. The summed E-state index contributed by atoms with van der Waals surface area (Å²) >= 11 is 0. The molecule has 0 spiro atoms. The van der Waals surface area contributed by atoms with Crippen LogP contribution in [-0.4, -0.2) is 68.5 Å². The van der Waals surface area contributed by atoms with E-state index in [9.17, 15) is 19.4 Å². The summed E-state index contributed by atoms with van der Waals surface area (Å²) in [6, 6.07) is -0.903. The molecule has 0 aliphatic heterocycles. The Labute approximate surface area is 416 Å². The fourth-order valence-corrected chi connectivity index (χ4v) is 8.98. The number of hydrogen-bond acceptors (Lipinski definition) is 6. The molecule has 3 unspecified atom stereocenters. The number of quaternary nitrogens is 1. The second kappa shape index (κ2) is 49.4. The largest absolute Gasteiger partial charge is 0.756 e. The van der Waals surface area contributed by atoms with Crippen LogP contribution < -0.4 is 10.2 Å². The fourth-order valence-electron chi connectivity index (χ4n) is 8.26. The molecular weight excluding hydrogens is 852 g/mol. The molecule has 8 nitrogen and oxygen atoms in total. The van der Waals surface area contributed by atoms with Crippen LogP contribution in [0.25, 0.3) is 0 Å². The molecule has 0 radical (unpaired) electrons. The van der Waals surface area contributed by atoms with Gasteiger partial charge in [-0.3, -0.25) is 9.36 Å². The van der Waals surface area contributed by atoms with Gasteiger partial charge < -0.3 is 28.8 Å². The number of likely N-dealkylation sites (N-methyl/N-ethyl adjacent to an activating group) is 1. The van der Waals surface area contributed by atoms with Gasteiger partial charge in [0.1, 0.15) is 13.2 Å². The first-order valence-electron chi connectivity index (χ1n) is 28.5. The summed E-state index contributed by atoms with van der Waals surface area (Å²) < 4.78 is 23.3. The second-order valence-electron chi connectivity index (χ2n) is 20.6. The molecule has 0 heterocycles. The van der Waals surface area contributed by atoms with E-state index in [1.54, 1.807) is 6.08 Å². The Kier molecular flexibility index (Phi) is 48.3. The number of carbonyl (C=O) groups excluding carboxylic acids is 1. The average molecular weight is 964 g/mol. The molecule has 394 valence electrons. The van der Waals surface area contributed by atoms with Crippen LogP contribution in [-0.2, 0) is 18.4 Å². The van der Waals surface area contributed by atoms with Crippen molar-refractivity contribution in [2.45, 2.75) is 276 Å². The normalized spacial score (nSPS) is 14.3. The zero-order chi connectivity index (χ0) is 49.2. The molecule has 67 heavy (non-hydrogen) atoms. The third kappa shape index (κ3) is 52.1. The van der Waals surface area contributed by atoms with Crippen molar-refractivity contribution in [1.82, 2.24) is 5.32 Å². The smallest absolute Gasteiger partial charge is 0.268 e. The van der Waals surface area contributed by atoms with Gasteiger partial charge in [0.05, 0.1) is 39.9 Å². The number of allylic oxidation sites excluding steroid dienone is 7. The van der Waals surface area contributed by atoms with Crippen molar-refractivity contribution in [3.63, 3.8) is 0 Å². The lowest BCUT2D eigenvalue weighted by Crippen LogP contribution is -2.45. The highest BCUT2D eigenvalue weighted by Crippen LogP contribution is 2.38. The average Bonchev–Trinajstić information content (AvgIpc) is 3.29. The lowest BCUT2D eigenvalue weighted by Gasteiger charge is -2.29. The minimum absolute atomic E-state index is 0.00652. The summed E-state index contributed by atoms with van der Waals surface area (Å²) in [4.78, 5) is 25.4. The number of aliphatic hydroxyl groups is 1. The molecule has 0 aromatic heterocycles. The minimum Gasteiger partial charge on any atom is -0.756 e. The van der Waals surface area contributed by atoms with E-state index in [0.29, 0.717) is 17.4 Å². The Morgan fingerprint density at radius 3 is 1.30 bits per heavy atom. The van der Waals surface area contributed by atoms with Crippen LogP contribution in [0.5, 0.6) is 0 Å². The Bertz CT molecular complexity index is 1230. The third-order valence-electron chi connectivity index (χ3n) is 12.8. The summed E-state index contributed by atoms with van der Waals surface area (Å²) in [5.74, 6) is -0.206. The van der Waals surface area contributed by atoms with Crippen LogP contribution in [0.3, 0.4) is 0 Å². The van der Waals surface area contributed by atoms with E-state index in [4.69, 9.17) is 9.05 Å². The Balaban J connectivity index is 4.10. The van der Waals surface area contributed by atoms with Gasteiger partial charge in [0, 0.05) is 6.42 Å². The Morgan fingerprint density at radius 2 is 0.881 bits per heavy atom. The maximum atomic E-state index is 12.9. The van der Waals surface area contributed by atoms with Crippen LogP contribution >= 0.6 is 7.82 Å². The summed E-state index contributed by atoms with van der Waals surface area (Å²) in [5.41, 5.74) is 0. The van der Waals surface area contributed by atoms with Gasteiger partial charge in [-0.05, 0) is 64.2 Å². The first-order valence-corrected chi connectivity index (χ1v) is 30.0. The molecule has 0 aliphatic rings. The molecule has 0 aromatic rings. The molecule has 0 bridgehead atoms. The van der Waals surface area contributed by atoms with E-state index in [1.807, 2.05) is 27.2 Å². The van der Waals surface area contributed by atoms with Gasteiger partial charge in [0.15, 0.2) is 0 Å². The number of nitrogens with one attached hydrogen (secondary N) is 1. The Hall–Kier alpha value is -1.54. The number of rotatable bonds is 52.